The number of hydrogen-bond acceptors (Lipinski definition) is 2. The summed E-state index contributed by atoms with van der Waals surface area (Å²) in [6, 6.07) is 0. The monoisotopic (exact) mass is 422 g/mol. The van der Waals surface area contributed by atoms with Gasteiger partial charge in [0.05, 0.1) is 0 Å². The van der Waals surface area contributed by atoms with Crippen molar-refractivity contribution < 1.29 is 10.2 Å². The maximum absolute atomic E-state index is 10.8. The highest BCUT2D eigenvalue weighted by molar-refractivity contribution is 5.64. The first-order valence-electron chi connectivity index (χ1n) is 11.8. The van der Waals surface area contributed by atoms with Crippen LogP contribution in [-0.2, 0) is 5.41 Å². The Kier molecular flexibility index (Phi) is 5.79. The first-order chi connectivity index (χ1) is 14.2. The van der Waals surface area contributed by atoms with Gasteiger partial charge in [0, 0.05) is 5.41 Å². The van der Waals surface area contributed by atoms with Crippen molar-refractivity contribution in [3.8, 4) is 11.5 Å². The van der Waals surface area contributed by atoms with Crippen molar-refractivity contribution in [3.05, 3.63) is 55.6 Å². The molecule has 2 heteroatoms. The van der Waals surface area contributed by atoms with E-state index in [-0.39, 0.29) is 10.8 Å². The van der Waals surface area contributed by atoms with Gasteiger partial charge >= 0.3 is 0 Å². The van der Waals surface area contributed by atoms with Gasteiger partial charge < -0.3 is 10.2 Å². The van der Waals surface area contributed by atoms with Gasteiger partial charge in [-0.15, -0.1) is 0 Å². The molecule has 0 bridgehead atoms. The topological polar surface area (TPSA) is 40.5 Å². The maximum atomic E-state index is 10.8. The third kappa shape index (κ3) is 3.47. The molecule has 0 amide bonds. The molecule has 1 fully saturated rings. The Morgan fingerprint density at radius 3 is 1.19 bits per heavy atom. The van der Waals surface area contributed by atoms with E-state index in [0.29, 0.717) is 17.4 Å². The standard InChI is InChI=1S/C29H42O2/c1-15-12-28(10,11)14-29(13-15,24-16(2)20(6)26(30)21(7)17(24)3)25-18(4)22(8)27(31)23(9)19(25)5/h15,30-31H,12-14H2,1-11H3. The minimum atomic E-state index is -0.143. The Hall–Kier alpha value is -1.96. The summed E-state index contributed by atoms with van der Waals surface area (Å²) in [7, 11) is 0. The van der Waals surface area contributed by atoms with Gasteiger partial charge in [0.15, 0.2) is 0 Å². The number of hydrogen-bond donors (Lipinski definition) is 2. The molecule has 2 aromatic carbocycles. The minimum absolute atomic E-state index is 0.143. The molecule has 31 heavy (non-hydrogen) atoms. The summed E-state index contributed by atoms with van der Waals surface area (Å²) in [5, 5.41) is 21.6. The van der Waals surface area contributed by atoms with E-state index in [9.17, 15) is 10.2 Å². The van der Waals surface area contributed by atoms with Crippen LogP contribution >= 0.6 is 0 Å². The Labute approximate surface area is 189 Å². The molecule has 0 saturated heterocycles. The van der Waals surface area contributed by atoms with Crippen molar-refractivity contribution in [2.75, 3.05) is 0 Å². The zero-order valence-electron chi connectivity index (χ0n) is 21.6. The molecule has 2 nitrogen and oxygen atoms in total. The van der Waals surface area contributed by atoms with E-state index in [1.54, 1.807) is 0 Å². The summed E-state index contributed by atoms with van der Waals surface area (Å²) >= 11 is 0. The van der Waals surface area contributed by atoms with E-state index in [4.69, 9.17) is 0 Å². The number of phenols is 2. The lowest BCUT2D eigenvalue weighted by Crippen LogP contribution is -2.43. The summed E-state index contributed by atoms with van der Waals surface area (Å²) in [5.41, 5.74) is 11.7. The van der Waals surface area contributed by atoms with Crippen molar-refractivity contribution in [3.63, 3.8) is 0 Å². The molecule has 2 N–H and O–H groups in total. The van der Waals surface area contributed by atoms with Crippen molar-refractivity contribution in [1.29, 1.82) is 0 Å². The van der Waals surface area contributed by atoms with Crippen molar-refractivity contribution in [2.24, 2.45) is 11.3 Å². The van der Waals surface area contributed by atoms with Gasteiger partial charge in [-0.1, -0.05) is 20.8 Å². The molecular formula is C29H42O2. The van der Waals surface area contributed by atoms with Gasteiger partial charge in [-0.3, -0.25) is 0 Å². The average Bonchev–Trinajstić information content (AvgIpc) is 2.66. The van der Waals surface area contributed by atoms with Crippen LogP contribution in [0.4, 0.5) is 0 Å². The number of aromatic hydroxyl groups is 2. The number of rotatable bonds is 2. The van der Waals surface area contributed by atoms with E-state index >= 15 is 0 Å². The molecule has 1 aliphatic carbocycles. The third-order valence-corrected chi connectivity index (χ3v) is 8.51. The third-order valence-electron chi connectivity index (χ3n) is 8.51. The van der Waals surface area contributed by atoms with Crippen LogP contribution in [-0.4, -0.2) is 10.2 Å². The first-order valence-corrected chi connectivity index (χ1v) is 11.8. The Morgan fingerprint density at radius 2 is 0.903 bits per heavy atom. The predicted molar refractivity (Wildman–Crippen MR) is 132 cm³/mol. The van der Waals surface area contributed by atoms with Crippen LogP contribution in [0.3, 0.4) is 0 Å². The molecule has 2 aromatic rings. The molecule has 1 saturated carbocycles. The summed E-state index contributed by atoms with van der Waals surface area (Å²) in [6.45, 7) is 24.2. The molecule has 0 spiro atoms. The van der Waals surface area contributed by atoms with E-state index in [0.717, 1.165) is 35.1 Å². The largest absolute Gasteiger partial charge is 0.507 e. The van der Waals surface area contributed by atoms with Crippen LogP contribution in [0.15, 0.2) is 0 Å². The van der Waals surface area contributed by atoms with E-state index in [2.05, 4.69) is 76.2 Å². The molecule has 3 rings (SSSR count). The van der Waals surface area contributed by atoms with Gasteiger partial charge in [0.25, 0.3) is 0 Å². The minimum Gasteiger partial charge on any atom is -0.507 e. The van der Waals surface area contributed by atoms with Gasteiger partial charge in [0.2, 0.25) is 0 Å². The fourth-order valence-electron chi connectivity index (χ4n) is 7.10. The average molecular weight is 423 g/mol. The van der Waals surface area contributed by atoms with Crippen molar-refractivity contribution in [2.45, 2.75) is 101 Å². The fourth-order valence-corrected chi connectivity index (χ4v) is 7.10. The van der Waals surface area contributed by atoms with Crippen molar-refractivity contribution in [1.82, 2.24) is 0 Å². The highest BCUT2D eigenvalue weighted by Crippen LogP contribution is 2.58. The molecule has 1 atom stereocenters. The van der Waals surface area contributed by atoms with Gasteiger partial charge in [-0.05, 0) is 142 Å². The second kappa shape index (κ2) is 7.57. The zero-order chi connectivity index (χ0) is 23.6. The summed E-state index contributed by atoms with van der Waals surface area (Å²) in [6.07, 6.45) is 3.38. The van der Waals surface area contributed by atoms with Crippen molar-refractivity contribution >= 4 is 0 Å². The predicted octanol–water partition coefficient (Wildman–Crippen LogP) is 7.70. The maximum Gasteiger partial charge on any atom is 0.121 e. The van der Waals surface area contributed by atoms with Crippen LogP contribution in [0, 0.1) is 66.7 Å². The lowest BCUT2D eigenvalue weighted by Gasteiger charge is -2.51. The highest BCUT2D eigenvalue weighted by atomic mass is 16.3. The second-order valence-electron chi connectivity index (χ2n) is 11.4. The summed E-state index contributed by atoms with van der Waals surface area (Å²) in [4.78, 5) is 0. The van der Waals surface area contributed by atoms with E-state index in [1.165, 1.54) is 39.8 Å². The second-order valence-corrected chi connectivity index (χ2v) is 11.4. The van der Waals surface area contributed by atoms with Crippen LogP contribution in [0.5, 0.6) is 11.5 Å². The smallest absolute Gasteiger partial charge is 0.121 e. The molecule has 1 aliphatic rings. The van der Waals surface area contributed by atoms with Crippen LogP contribution in [0.1, 0.15) is 95.7 Å². The first kappa shape index (κ1) is 23.7. The zero-order valence-corrected chi connectivity index (χ0v) is 21.6. The lowest BCUT2D eigenvalue weighted by molar-refractivity contribution is 0.125. The molecular weight excluding hydrogens is 380 g/mol. The number of benzene rings is 2. The number of phenolic OH excluding ortho intramolecular Hbond substituents is 2. The summed E-state index contributed by atoms with van der Waals surface area (Å²) in [5.74, 6) is 1.46. The van der Waals surface area contributed by atoms with Crippen LogP contribution < -0.4 is 0 Å². The van der Waals surface area contributed by atoms with Gasteiger partial charge in [-0.25, -0.2) is 0 Å². The summed E-state index contributed by atoms with van der Waals surface area (Å²) < 4.78 is 0. The van der Waals surface area contributed by atoms with Crippen LogP contribution in [0.25, 0.3) is 0 Å². The fraction of sp³-hybridized carbons (Fsp3) is 0.586. The van der Waals surface area contributed by atoms with E-state index in [1.807, 2.05) is 0 Å². The molecule has 0 aromatic heterocycles. The highest BCUT2D eigenvalue weighted by Gasteiger charge is 2.48. The van der Waals surface area contributed by atoms with Crippen LogP contribution in [0.2, 0.25) is 0 Å². The molecule has 0 aliphatic heterocycles. The molecule has 0 heterocycles. The molecule has 0 radical (unpaired) electrons. The lowest BCUT2D eigenvalue weighted by atomic mass is 9.52. The Bertz CT molecular complexity index is 928. The molecule has 170 valence electrons. The normalized spacial score (nSPS) is 20.2. The SMILES string of the molecule is Cc1c(C)c(C2(c3c(C)c(C)c(O)c(C)c3C)CC(C)CC(C)(C)C2)c(C)c(C)c1O. The van der Waals surface area contributed by atoms with Gasteiger partial charge in [-0.2, -0.15) is 0 Å². The van der Waals surface area contributed by atoms with Gasteiger partial charge in [0.1, 0.15) is 11.5 Å². The Balaban J connectivity index is 2.57. The Morgan fingerprint density at radius 1 is 0.581 bits per heavy atom. The quantitative estimate of drug-likeness (QED) is 0.520. The molecule has 1 unspecified atom stereocenters. The van der Waals surface area contributed by atoms with E-state index < -0.39 is 0 Å².